The molecule has 0 aliphatic rings. The molecule has 26 heavy (non-hydrogen) atoms. The van der Waals surface area contributed by atoms with Crippen molar-refractivity contribution in [1.29, 1.82) is 5.41 Å². The van der Waals surface area contributed by atoms with Crippen LogP contribution >= 0.6 is 0 Å². The van der Waals surface area contributed by atoms with Crippen molar-refractivity contribution in [1.82, 2.24) is 9.78 Å². The van der Waals surface area contributed by atoms with Crippen molar-refractivity contribution >= 4 is 11.8 Å². The highest BCUT2D eigenvalue weighted by molar-refractivity contribution is 6.06. The fourth-order valence-corrected chi connectivity index (χ4v) is 2.94. The minimum atomic E-state index is 0.369. The Bertz CT molecular complexity index is 959. The summed E-state index contributed by atoms with van der Waals surface area (Å²) in [5.41, 5.74) is 6.54. The lowest BCUT2D eigenvalue weighted by atomic mass is 9.92. The number of aromatic nitrogens is 2. The first kappa shape index (κ1) is 17.6. The molecule has 3 aromatic rings. The van der Waals surface area contributed by atoms with Gasteiger partial charge in [-0.15, -0.1) is 0 Å². The molecule has 3 heteroatoms. The summed E-state index contributed by atoms with van der Waals surface area (Å²) in [6.07, 6.45) is 5.36. The fourth-order valence-electron chi connectivity index (χ4n) is 2.94. The molecular weight excluding hydrogens is 318 g/mol. The van der Waals surface area contributed by atoms with Crippen LogP contribution in [0.4, 0.5) is 0 Å². The lowest BCUT2D eigenvalue weighted by molar-refractivity contribution is 0.859. The second kappa shape index (κ2) is 7.36. The van der Waals surface area contributed by atoms with E-state index in [1.54, 1.807) is 6.08 Å². The van der Waals surface area contributed by atoms with E-state index >= 15 is 0 Å². The third-order valence-corrected chi connectivity index (χ3v) is 4.45. The molecule has 0 radical (unpaired) electrons. The standard InChI is InChI=1S/C23H23N3/c1-5-17-7-10-19(11-8-17)26-14-13-23(25-26)21-15-18(22(24)6-2)9-12-20(21)16(3)4/h5-16,24H,1-2H2,3-4H3. The quantitative estimate of drug-likeness (QED) is 0.561. The van der Waals surface area contributed by atoms with Gasteiger partial charge in [-0.2, -0.15) is 5.10 Å². The van der Waals surface area contributed by atoms with Crippen molar-refractivity contribution in [2.24, 2.45) is 0 Å². The zero-order valence-electron chi connectivity index (χ0n) is 15.2. The summed E-state index contributed by atoms with van der Waals surface area (Å²) in [6, 6.07) is 16.2. The smallest absolute Gasteiger partial charge is 0.0930 e. The molecule has 0 aliphatic carbocycles. The third kappa shape index (κ3) is 3.42. The van der Waals surface area contributed by atoms with Crippen LogP contribution in [0.2, 0.25) is 0 Å². The molecule has 0 fully saturated rings. The van der Waals surface area contributed by atoms with Gasteiger partial charge in [0.15, 0.2) is 0 Å². The fraction of sp³-hybridized carbons (Fsp3) is 0.130. The van der Waals surface area contributed by atoms with E-state index in [0.717, 1.165) is 28.1 Å². The average Bonchev–Trinajstić information content (AvgIpc) is 3.17. The summed E-state index contributed by atoms with van der Waals surface area (Å²) in [6.45, 7) is 11.8. The summed E-state index contributed by atoms with van der Waals surface area (Å²) >= 11 is 0. The van der Waals surface area contributed by atoms with Crippen molar-refractivity contribution in [2.45, 2.75) is 19.8 Å². The molecule has 0 spiro atoms. The van der Waals surface area contributed by atoms with Crippen molar-refractivity contribution in [2.75, 3.05) is 0 Å². The van der Waals surface area contributed by atoms with Crippen LogP contribution in [0.3, 0.4) is 0 Å². The average molecular weight is 341 g/mol. The van der Waals surface area contributed by atoms with Crippen molar-refractivity contribution in [3.8, 4) is 16.9 Å². The van der Waals surface area contributed by atoms with Crippen LogP contribution in [0, 0.1) is 5.41 Å². The predicted octanol–water partition coefficient (Wildman–Crippen LogP) is 5.86. The van der Waals surface area contributed by atoms with Crippen molar-refractivity contribution in [3.63, 3.8) is 0 Å². The van der Waals surface area contributed by atoms with E-state index in [-0.39, 0.29) is 0 Å². The highest BCUT2D eigenvalue weighted by Gasteiger charge is 2.13. The van der Waals surface area contributed by atoms with Gasteiger partial charge in [-0.1, -0.05) is 57.3 Å². The first-order valence-electron chi connectivity index (χ1n) is 8.67. The Morgan fingerprint density at radius 3 is 2.42 bits per heavy atom. The van der Waals surface area contributed by atoms with E-state index in [1.807, 2.05) is 59.4 Å². The van der Waals surface area contributed by atoms with E-state index in [1.165, 1.54) is 5.56 Å². The molecule has 1 heterocycles. The van der Waals surface area contributed by atoms with Gasteiger partial charge in [0.2, 0.25) is 0 Å². The van der Waals surface area contributed by atoms with Crippen LogP contribution in [0.25, 0.3) is 23.0 Å². The molecule has 0 amide bonds. The van der Waals surface area contributed by atoms with Crippen LogP contribution in [-0.4, -0.2) is 15.5 Å². The molecule has 3 nitrogen and oxygen atoms in total. The number of benzene rings is 2. The number of rotatable bonds is 6. The molecule has 0 unspecified atom stereocenters. The van der Waals surface area contributed by atoms with Crippen LogP contribution < -0.4 is 0 Å². The topological polar surface area (TPSA) is 41.7 Å². The monoisotopic (exact) mass is 341 g/mol. The zero-order chi connectivity index (χ0) is 18.7. The molecule has 0 saturated heterocycles. The molecule has 130 valence electrons. The highest BCUT2D eigenvalue weighted by atomic mass is 15.3. The van der Waals surface area contributed by atoms with E-state index < -0.39 is 0 Å². The van der Waals surface area contributed by atoms with E-state index in [0.29, 0.717) is 11.6 Å². The molecule has 0 atom stereocenters. The van der Waals surface area contributed by atoms with Gasteiger partial charge in [0.25, 0.3) is 0 Å². The lowest BCUT2D eigenvalue weighted by Gasteiger charge is -2.13. The predicted molar refractivity (Wildman–Crippen MR) is 110 cm³/mol. The summed E-state index contributed by atoms with van der Waals surface area (Å²) in [5.74, 6) is 0.369. The van der Waals surface area contributed by atoms with E-state index in [9.17, 15) is 0 Å². The Kier molecular flexibility index (Phi) is 4.99. The van der Waals surface area contributed by atoms with Gasteiger partial charge in [-0.3, -0.25) is 0 Å². The minimum Gasteiger partial charge on any atom is -0.300 e. The molecular formula is C23H23N3. The molecule has 0 aliphatic heterocycles. The summed E-state index contributed by atoms with van der Waals surface area (Å²) in [4.78, 5) is 0. The molecule has 3 rings (SSSR count). The first-order valence-corrected chi connectivity index (χ1v) is 8.67. The van der Waals surface area contributed by atoms with Gasteiger partial charge >= 0.3 is 0 Å². The Labute approximate surface area is 154 Å². The Morgan fingerprint density at radius 1 is 1.08 bits per heavy atom. The number of nitrogens with zero attached hydrogens (tertiary/aromatic N) is 2. The molecule has 1 N–H and O–H groups in total. The molecule has 0 bridgehead atoms. The maximum absolute atomic E-state index is 8.04. The summed E-state index contributed by atoms with van der Waals surface area (Å²) in [5, 5.41) is 12.8. The van der Waals surface area contributed by atoms with Gasteiger partial charge in [-0.05, 0) is 47.4 Å². The summed E-state index contributed by atoms with van der Waals surface area (Å²) < 4.78 is 1.87. The number of nitrogens with one attached hydrogen (secondary N) is 1. The van der Waals surface area contributed by atoms with Crippen LogP contribution in [0.1, 0.15) is 36.5 Å². The Balaban J connectivity index is 2.05. The third-order valence-electron chi connectivity index (χ3n) is 4.45. The van der Waals surface area contributed by atoms with Crippen LogP contribution in [0.15, 0.2) is 74.0 Å². The van der Waals surface area contributed by atoms with Gasteiger partial charge in [0.1, 0.15) is 0 Å². The van der Waals surface area contributed by atoms with Gasteiger partial charge < -0.3 is 5.41 Å². The maximum Gasteiger partial charge on any atom is 0.0930 e. The SMILES string of the molecule is C=CC(=N)c1ccc(C(C)C)c(-c2ccn(-c3ccc(C=C)cc3)n2)c1. The highest BCUT2D eigenvalue weighted by Crippen LogP contribution is 2.30. The Hall–Kier alpha value is -3.20. The molecule has 0 saturated carbocycles. The second-order valence-electron chi connectivity index (χ2n) is 6.52. The second-order valence-corrected chi connectivity index (χ2v) is 6.52. The molecule has 2 aromatic carbocycles. The summed E-state index contributed by atoms with van der Waals surface area (Å²) in [7, 11) is 0. The Morgan fingerprint density at radius 2 is 1.81 bits per heavy atom. The van der Waals surface area contributed by atoms with Crippen LogP contribution in [0.5, 0.6) is 0 Å². The van der Waals surface area contributed by atoms with Crippen LogP contribution in [-0.2, 0) is 0 Å². The zero-order valence-corrected chi connectivity index (χ0v) is 15.2. The normalized spacial score (nSPS) is 10.7. The van der Waals surface area contributed by atoms with Crippen molar-refractivity contribution < 1.29 is 0 Å². The number of hydrogen-bond donors (Lipinski definition) is 1. The van der Waals surface area contributed by atoms with Crippen molar-refractivity contribution in [3.05, 3.63) is 90.7 Å². The van der Waals surface area contributed by atoms with Gasteiger partial charge in [-0.25, -0.2) is 4.68 Å². The number of allylic oxidation sites excluding steroid dienone is 1. The first-order chi connectivity index (χ1) is 12.5. The van der Waals surface area contributed by atoms with E-state index in [4.69, 9.17) is 10.5 Å². The lowest BCUT2D eigenvalue weighted by Crippen LogP contribution is -2.00. The number of hydrogen-bond acceptors (Lipinski definition) is 2. The maximum atomic E-state index is 8.04. The van der Waals surface area contributed by atoms with E-state index in [2.05, 4.69) is 33.1 Å². The van der Waals surface area contributed by atoms with Gasteiger partial charge in [0, 0.05) is 17.3 Å². The minimum absolute atomic E-state index is 0.369. The molecule has 1 aromatic heterocycles. The van der Waals surface area contributed by atoms with Gasteiger partial charge in [0.05, 0.1) is 17.1 Å². The largest absolute Gasteiger partial charge is 0.300 e.